The number of nitrogens with one attached hydrogen (secondary N) is 2. The SMILES string of the molecule is C=CCO[C@@H]1CN(C2CCOCC2)C[C@H]1NC(=O)CNC(=O)OC(C)(C)C. The Hall–Kier alpha value is -1.64. The number of nitrogens with zero attached hydrogens (tertiary/aromatic N) is 1. The molecule has 27 heavy (non-hydrogen) atoms. The van der Waals surface area contributed by atoms with E-state index in [0.29, 0.717) is 12.6 Å². The molecule has 0 aliphatic carbocycles. The third kappa shape index (κ3) is 7.48. The maximum Gasteiger partial charge on any atom is 0.408 e. The highest BCUT2D eigenvalue weighted by Crippen LogP contribution is 2.22. The molecule has 0 unspecified atom stereocenters. The summed E-state index contributed by atoms with van der Waals surface area (Å²) in [5.41, 5.74) is -0.597. The van der Waals surface area contributed by atoms with Crippen molar-refractivity contribution in [2.75, 3.05) is 39.5 Å². The maximum absolute atomic E-state index is 12.3. The molecular weight excluding hydrogens is 350 g/mol. The molecule has 8 heteroatoms. The minimum Gasteiger partial charge on any atom is -0.444 e. The predicted octanol–water partition coefficient (Wildman–Crippen LogP) is 1.06. The summed E-state index contributed by atoms with van der Waals surface area (Å²) in [6, 6.07) is 0.330. The molecule has 2 heterocycles. The number of carbonyl (C=O) groups excluding carboxylic acids is 2. The zero-order valence-corrected chi connectivity index (χ0v) is 16.7. The molecular formula is C19H33N3O5. The van der Waals surface area contributed by atoms with E-state index in [1.54, 1.807) is 26.8 Å². The predicted molar refractivity (Wildman–Crippen MR) is 102 cm³/mol. The fourth-order valence-electron chi connectivity index (χ4n) is 3.38. The van der Waals surface area contributed by atoms with Crippen molar-refractivity contribution in [2.24, 2.45) is 0 Å². The van der Waals surface area contributed by atoms with Crippen LogP contribution in [0.1, 0.15) is 33.6 Å². The summed E-state index contributed by atoms with van der Waals surface area (Å²) in [7, 11) is 0. The van der Waals surface area contributed by atoms with Gasteiger partial charge in [0.05, 0.1) is 18.8 Å². The van der Waals surface area contributed by atoms with E-state index in [-0.39, 0.29) is 24.6 Å². The van der Waals surface area contributed by atoms with Crippen molar-refractivity contribution in [3.63, 3.8) is 0 Å². The van der Waals surface area contributed by atoms with Crippen molar-refractivity contribution in [1.29, 1.82) is 0 Å². The van der Waals surface area contributed by atoms with Crippen molar-refractivity contribution < 1.29 is 23.8 Å². The summed E-state index contributed by atoms with van der Waals surface area (Å²) in [6.07, 6.45) is 2.99. The molecule has 0 spiro atoms. The minimum atomic E-state index is -0.604. The first kappa shape index (κ1) is 21.7. The number of carbonyl (C=O) groups is 2. The van der Waals surface area contributed by atoms with Gasteiger partial charge in [0.2, 0.25) is 5.91 Å². The van der Waals surface area contributed by atoms with Gasteiger partial charge in [-0.25, -0.2) is 4.79 Å². The lowest BCUT2D eigenvalue weighted by Gasteiger charge is -2.30. The molecule has 2 rings (SSSR count). The largest absolute Gasteiger partial charge is 0.444 e. The highest BCUT2D eigenvalue weighted by atomic mass is 16.6. The molecule has 0 bridgehead atoms. The van der Waals surface area contributed by atoms with Gasteiger partial charge in [-0.1, -0.05) is 6.08 Å². The van der Waals surface area contributed by atoms with Gasteiger partial charge in [0, 0.05) is 32.3 Å². The smallest absolute Gasteiger partial charge is 0.408 e. The van der Waals surface area contributed by atoms with Crippen LogP contribution in [0.4, 0.5) is 4.79 Å². The lowest BCUT2D eigenvalue weighted by atomic mass is 10.1. The van der Waals surface area contributed by atoms with Crippen LogP contribution in [0.2, 0.25) is 0 Å². The fraction of sp³-hybridized carbons (Fsp3) is 0.789. The van der Waals surface area contributed by atoms with Crippen molar-refractivity contribution in [3.05, 3.63) is 12.7 Å². The summed E-state index contributed by atoms with van der Waals surface area (Å²) in [6.45, 7) is 12.4. The first-order valence-corrected chi connectivity index (χ1v) is 9.59. The van der Waals surface area contributed by atoms with Crippen LogP contribution in [0.3, 0.4) is 0 Å². The van der Waals surface area contributed by atoms with Gasteiger partial charge < -0.3 is 24.8 Å². The Balaban J connectivity index is 1.84. The minimum absolute atomic E-state index is 0.101. The Morgan fingerprint density at radius 2 is 1.96 bits per heavy atom. The normalized spacial score (nSPS) is 24.4. The number of hydrogen-bond donors (Lipinski definition) is 2. The van der Waals surface area contributed by atoms with Gasteiger partial charge in [-0.3, -0.25) is 9.69 Å². The monoisotopic (exact) mass is 383 g/mol. The van der Waals surface area contributed by atoms with E-state index in [1.807, 2.05) is 0 Å². The summed E-state index contributed by atoms with van der Waals surface area (Å²) in [5.74, 6) is -0.258. The van der Waals surface area contributed by atoms with Gasteiger partial charge in [0.1, 0.15) is 12.1 Å². The fourth-order valence-corrected chi connectivity index (χ4v) is 3.38. The lowest BCUT2D eigenvalue weighted by molar-refractivity contribution is -0.121. The molecule has 154 valence electrons. The average molecular weight is 383 g/mol. The van der Waals surface area contributed by atoms with E-state index in [1.165, 1.54) is 0 Å². The number of likely N-dealkylation sites (tertiary alicyclic amines) is 1. The van der Waals surface area contributed by atoms with Crippen LogP contribution in [0.15, 0.2) is 12.7 Å². The molecule has 2 fully saturated rings. The Bertz CT molecular complexity index is 514. The van der Waals surface area contributed by atoms with E-state index in [9.17, 15) is 9.59 Å². The van der Waals surface area contributed by atoms with Crippen molar-refractivity contribution in [1.82, 2.24) is 15.5 Å². The molecule has 0 saturated carbocycles. The van der Waals surface area contributed by atoms with Gasteiger partial charge in [-0.15, -0.1) is 6.58 Å². The van der Waals surface area contributed by atoms with Crippen LogP contribution in [0.5, 0.6) is 0 Å². The summed E-state index contributed by atoms with van der Waals surface area (Å²) >= 11 is 0. The van der Waals surface area contributed by atoms with Crippen LogP contribution in [-0.4, -0.2) is 80.1 Å². The van der Waals surface area contributed by atoms with Crippen LogP contribution < -0.4 is 10.6 Å². The van der Waals surface area contributed by atoms with E-state index < -0.39 is 11.7 Å². The van der Waals surface area contributed by atoms with E-state index in [2.05, 4.69) is 22.1 Å². The summed E-state index contributed by atoms with van der Waals surface area (Å²) in [4.78, 5) is 26.3. The topological polar surface area (TPSA) is 89.1 Å². The van der Waals surface area contributed by atoms with Crippen LogP contribution in [0, 0.1) is 0 Å². The zero-order chi connectivity index (χ0) is 19.9. The van der Waals surface area contributed by atoms with Gasteiger partial charge in [0.15, 0.2) is 0 Å². The highest BCUT2D eigenvalue weighted by Gasteiger charge is 2.38. The highest BCUT2D eigenvalue weighted by molar-refractivity contribution is 5.82. The van der Waals surface area contributed by atoms with Crippen LogP contribution in [0.25, 0.3) is 0 Å². The molecule has 2 atom stereocenters. The van der Waals surface area contributed by atoms with Gasteiger partial charge in [-0.2, -0.15) is 0 Å². The van der Waals surface area contributed by atoms with Gasteiger partial charge >= 0.3 is 6.09 Å². The molecule has 2 N–H and O–H groups in total. The summed E-state index contributed by atoms with van der Waals surface area (Å²) in [5, 5.41) is 5.47. The van der Waals surface area contributed by atoms with Crippen LogP contribution in [-0.2, 0) is 19.0 Å². The molecule has 2 saturated heterocycles. The number of alkyl carbamates (subject to hydrolysis) is 1. The van der Waals surface area contributed by atoms with Crippen molar-refractivity contribution in [3.8, 4) is 0 Å². The van der Waals surface area contributed by atoms with E-state index in [4.69, 9.17) is 14.2 Å². The zero-order valence-electron chi connectivity index (χ0n) is 16.7. The van der Waals surface area contributed by atoms with Crippen molar-refractivity contribution in [2.45, 2.75) is 57.4 Å². The molecule has 8 nitrogen and oxygen atoms in total. The molecule has 0 aromatic carbocycles. The first-order chi connectivity index (χ1) is 12.8. The number of hydrogen-bond acceptors (Lipinski definition) is 6. The maximum atomic E-state index is 12.3. The average Bonchev–Trinajstić information content (AvgIpc) is 3.00. The summed E-state index contributed by atoms with van der Waals surface area (Å²) < 4.78 is 16.4. The van der Waals surface area contributed by atoms with E-state index >= 15 is 0 Å². The Labute approximate surface area is 161 Å². The second-order valence-corrected chi connectivity index (χ2v) is 7.99. The lowest BCUT2D eigenvalue weighted by Crippen LogP contribution is -2.48. The third-order valence-corrected chi connectivity index (χ3v) is 4.57. The van der Waals surface area contributed by atoms with Gasteiger partial charge in [-0.05, 0) is 33.6 Å². The Morgan fingerprint density at radius 3 is 2.59 bits per heavy atom. The van der Waals surface area contributed by atoms with Crippen molar-refractivity contribution >= 4 is 12.0 Å². The quantitative estimate of drug-likeness (QED) is 0.639. The van der Waals surface area contributed by atoms with Crippen LogP contribution >= 0.6 is 0 Å². The second kappa shape index (κ2) is 10.1. The number of amides is 2. The molecule has 2 aliphatic rings. The Morgan fingerprint density at radius 1 is 1.26 bits per heavy atom. The second-order valence-electron chi connectivity index (χ2n) is 7.99. The van der Waals surface area contributed by atoms with Gasteiger partial charge in [0.25, 0.3) is 0 Å². The molecule has 0 aromatic heterocycles. The Kier molecular flexibility index (Phi) is 8.07. The first-order valence-electron chi connectivity index (χ1n) is 9.59. The number of ether oxygens (including phenoxy) is 3. The number of rotatable bonds is 7. The standard InChI is InChI=1S/C19H33N3O5/c1-5-8-26-16-13-22(14-6-9-25-10-7-14)12-15(16)21-17(23)11-20-18(24)27-19(2,3)4/h5,14-16H,1,6-13H2,2-4H3,(H,20,24)(H,21,23)/t15-,16-/m1/s1. The molecule has 2 amide bonds. The third-order valence-electron chi connectivity index (χ3n) is 4.57. The molecule has 2 aliphatic heterocycles. The van der Waals surface area contributed by atoms with E-state index in [0.717, 1.165) is 39.1 Å². The molecule has 0 aromatic rings. The molecule has 0 radical (unpaired) electrons.